The summed E-state index contributed by atoms with van der Waals surface area (Å²) in [5.41, 5.74) is 0.157. The van der Waals surface area contributed by atoms with Crippen molar-refractivity contribution in [3.63, 3.8) is 0 Å². The van der Waals surface area contributed by atoms with Gasteiger partial charge in [-0.1, -0.05) is 12.1 Å². The number of carbonyl (C=O) groups excluding carboxylic acids is 1. The van der Waals surface area contributed by atoms with E-state index in [4.69, 9.17) is 0 Å². The minimum Gasteiger partial charge on any atom is -0.480 e. The summed E-state index contributed by atoms with van der Waals surface area (Å²) in [5.74, 6) is -1.51. The van der Waals surface area contributed by atoms with Crippen LogP contribution in [0.5, 0.6) is 0 Å². The number of carboxylic acid groups (broad SMARTS) is 1. The number of hydrogen-bond acceptors (Lipinski definition) is 4. The molecule has 24 heavy (non-hydrogen) atoms. The molecule has 0 aromatic heterocycles. The molecule has 1 aromatic rings. The van der Waals surface area contributed by atoms with Gasteiger partial charge in [-0.2, -0.15) is 0 Å². The van der Waals surface area contributed by atoms with Gasteiger partial charge in [0.05, 0.1) is 4.90 Å². The molecule has 1 saturated heterocycles. The van der Waals surface area contributed by atoms with Crippen LogP contribution in [0, 0.1) is 0 Å². The number of hydrogen-bond donors (Lipinski definition) is 2. The van der Waals surface area contributed by atoms with E-state index in [9.17, 15) is 23.1 Å². The zero-order chi connectivity index (χ0) is 17.7. The molecule has 0 aliphatic carbocycles. The van der Waals surface area contributed by atoms with E-state index in [0.29, 0.717) is 13.0 Å². The predicted molar refractivity (Wildman–Crippen MR) is 88.1 cm³/mol. The topological polar surface area (TPSA) is 104 Å². The molecular weight excluding hydrogens is 332 g/mol. The van der Waals surface area contributed by atoms with Crippen LogP contribution < -0.4 is 4.72 Å². The molecule has 0 bridgehead atoms. The number of rotatable bonds is 6. The van der Waals surface area contributed by atoms with Gasteiger partial charge in [-0.05, 0) is 37.5 Å². The van der Waals surface area contributed by atoms with Gasteiger partial charge in [-0.15, -0.1) is 6.58 Å². The highest BCUT2D eigenvalue weighted by Crippen LogP contribution is 2.21. The molecule has 1 heterocycles. The van der Waals surface area contributed by atoms with Gasteiger partial charge in [0.15, 0.2) is 0 Å². The van der Waals surface area contributed by atoms with Crippen LogP contribution in [0.4, 0.5) is 0 Å². The summed E-state index contributed by atoms with van der Waals surface area (Å²) in [5, 5.41) is 9.28. The number of piperidine rings is 1. The molecule has 8 heteroatoms. The molecule has 2 rings (SSSR count). The first-order valence-electron chi connectivity index (χ1n) is 7.61. The average molecular weight is 352 g/mol. The Bertz CT molecular complexity index is 745. The number of nitrogens with one attached hydrogen (secondary N) is 1. The summed E-state index contributed by atoms with van der Waals surface area (Å²) < 4.78 is 26.6. The van der Waals surface area contributed by atoms with Crippen LogP contribution in [0.3, 0.4) is 0 Å². The molecule has 1 unspecified atom stereocenters. The molecule has 1 fully saturated rings. The summed E-state index contributed by atoms with van der Waals surface area (Å²) >= 11 is 0. The van der Waals surface area contributed by atoms with Crippen molar-refractivity contribution in [3.05, 3.63) is 42.5 Å². The van der Waals surface area contributed by atoms with Gasteiger partial charge in [0.2, 0.25) is 10.0 Å². The monoisotopic (exact) mass is 352 g/mol. The Labute approximate surface area is 141 Å². The van der Waals surface area contributed by atoms with Crippen molar-refractivity contribution in [2.24, 2.45) is 0 Å². The van der Waals surface area contributed by atoms with Crippen molar-refractivity contribution >= 4 is 21.9 Å². The van der Waals surface area contributed by atoms with Gasteiger partial charge in [-0.25, -0.2) is 17.9 Å². The number of likely N-dealkylation sites (tertiary alicyclic amines) is 1. The summed E-state index contributed by atoms with van der Waals surface area (Å²) in [4.78, 5) is 25.2. The quantitative estimate of drug-likeness (QED) is 0.750. The van der Waals surface area contributed by atoms with Crippen molar-refractivity contribution in [3.8, 4) is 0 Å². The van der Waals surface area contributed by atoms with Crippen LogP contribution in [0.1, 0.15) is 29.6 Å². The van der Waals surface area contributed by atoms with E-state index in [1.165, 1.54) is 35.2 Å². The van der Waals surface area contributed by atoms with Gasteiger partial charge in [-0.3, -0.25) is 4.79 Å². The van der Waals surface area contributed by atoms with Gasteiger partial charge < -0.3 is 10.0 Å². The normalized spacial score (nSPS) is 18.2. The van der Waals surface area contributed by atoms with Crippen molar-refractivity contribution in [1.29, 1.82) is 0 Å². The number of sulfonamides is 1. The minimum atomic E-state index is -3.75. The zero-order valence-electron chi connectivity index (χ0n) is 13.1. The first kappa shape index (κ1) is 18.2. The van der Waals surface area contributed by atoms with Crippen LogP contribution in [0.25, 0.3) is 0 Å². The summed E-state index contributed by atoms with van der Waals surface area (Å²) in [6, 6.07) is 4.73. The standard InChI is InChI=1S/C16H20N2O5S/c1-2-9-17-24(22,23)13-7-5-6-12(11-13)15(19)18-10-4-3-8-14(18)16(20)21/h2,5-7,11,14,17H,1,3-4,8-10H2,(H,20,21). The summed E-state index contributed by atoms with van der Waals surface area (Å²) in [7, 11) is -3.75. The number of amides is 1. The Balaban J connectivity index is 2.28. The molecule has 2 N–H and O–H groups in total. The van der Waals surface area contributed by atoms with E-state index in [-0.39, 0.29) is 17.0 Å². The van der Waals surface area contributed by atoms with Crippen LogP contribution in [-0.4, -0.2) is 49.4 Å². The van der Waals surface area contributed by atoms with Crippen LogP contribution in [0.2, 0.25) is 0 Å². The maximum absolute atomic E-state index is 12.6. The predicted octanol–water partition coefficient (Wildman–Crippen LogP) is 1.23. The third-order valence-electron chi connectivity index (χ3n) is 3.86. The highest BCUT2D eigenvalue weighted by Gasteiger charge is 2.32. The molecule has 0 spiro atoms. The Morgan fingerprint density at radius 3 is 2.79 bits per heavy atom. The number of carbonyl (C=O) groups is 2. The van der Waals surface area contributed by atoms with Gasteiger partial charge in [0, 0.05) is 18.7 Å². The Hall–Kier alpha value is -2.19. The molecule has 0 radical (unpaired) electrons. The molecule has 1 aliphatic heterocycles. The molecule has 130 valence electrons. The van der Waals surface area contributed by atoms with E-state index >= 15 is 0 Å². The lowest BCUT2D eigenvalue weighted by Crippen LogP contribution is -2.48. The second-order valence-corrected chi connectivity index (χ2v) is 7.28. The smallest absolute Gasteiger partial charge is 0.326 e. The number of aliphatic carboxylic acids is 1. The van der Waals surface area contributed by atoms with Gasteiger partial charge >= 0.3 is 5.97 Å². The maximum Gasteiger partial charge on any atom is 0.326 e. The molecule has 7 nitrogen and oxygen atoms in total. The molecule has 1 aliphatic rings. The lowest BCUT2D eigenvalue weighted by atomic mass is 10.0. The highest BCUT2D eigenvalue weighted by atomic mass is 32.2. The first-order chi connectivity index (χ1) is 11.4. The van der Waals surface area contributed by atoms with E-state index in [2.05, 4.69) is 11.3 Å². The SMILES string of the molecule is C=CCNS(=O)(=O)c1cccc(C(=O)N2CCCCC2C(=O)O)c1. The molecule has 1 amide bonds. The highest BCUT2D eigenvalue weighted by molar-refractivity contribution is 7.89. The van der Waals surface area contributed by atoms with Gasteiger partial charge in [0.1, 0.15) is 6.04 Å². The third-order valence-corrected chi connectivity index (χ3v) is 5.28. The Morgan fingerprint density at radius 1 is 1.38 bits per heavy atom. The molecule has 1 aromatic carbocycles. The van der Waals surface area contributed by atoms with Crippen LogP contribution in [-0.2, 0) is 14.8 Å². The second kappa shape index (κ2) is 7.59. The summed E-state index contributed by atoms with van der Waals surface area (Å²) in [6.07, 6.45) is 3.30. The van der Waals surface area contributed by atoms with Crippen molar-refractivity contribution in [1.82, 2.24) is 9.62 Å². The lowest BCUT2D eigenvalue weighted by Gasteiger charge is -2.33. The second-order valence-electron chi connectivity index (χ2n) is 5.52. The molecule has 0 saturated carbocycles. The number of benzene rings is 1. The van der Waals surface area contributed by atoms with Crippen molar-refractivity contribution < 1.29 is 23.1 Å². The van der Waals surface area contributed by atoms with Crippen LogP contribution >= 0.6 is 0 Å². The summed E-state index contributed by atoms with van der Waals surface area (Å²) in [6.45, 7) is 3.87. The average Bonchev–Trinajstić information content (AvgIpc) is 2.59. The van der Waals surface area contributed by atoms with E-state index in [1.54, 1.807) is 0 Å². The largest absolute Gasteiger partial charge is 0.480 e. The maximum atomic E-state index is 12.6. The Morgan fingerprint density at radius 2 is 2.12 bits per heavy atom. The zero-order valence-corrected chi connectivity index (χ0v) is 14.0. The fraction of sp³-hybridized carbons (Fsp3) is 0.375. The van der Waals surface area contributed by atoms with Crippen molar-refractivity contribution in [2.75, 3.05) is 13.1 Å². The first-order valence-corrected chi connectivity index (χ1v) is 9.09. The number of nitrogens with zero attached hydrogens (tertiary/aromatic N) is 1. The molecular formula is C16H20N2O5S. The molecule has 1 atom stereocenters. The van der Waals surface area contributed by atoms with Crippen LogP contribution in [0.15, 0.2) is 41.8 Å². The third kappa shape index (κ3) is 4.01. The van der Waals surface area contributed by atoms with Gasteiger partial charge in [0.25, 0.3) is 5.91 Å². The van der Waals surface area contributed by atoms with E-state index < -0.39 is 27.9 Å². The fourth-order valence-electron chi connectivity index (χ4n) is 2.65. The van der Waals surface area contributed by atoms with E-state index in [1.807, 2.05) is 0 Å². The van der Waals surface area contributed by atoms with E-state index in [0.717, 1.165) is 12.8 Å². The Kier molecular flexibility index (Phi) is 5.74. The fourth-order valence-corrected chi connectivity index (χ4v) is 3.69. The number of carboxylic acids is 1. The lowest BCUT2D eigenvalue weighted by molar-refractivity contribution is -0.143. The van der Waals surface area contributed by atoms with Crippen molar-refractivity contribution in [2.45, 2.75) is 30.2 Å². The minimum absolute atomic E-state index is 0.0425.